The first-order valence-corrected chi connectivity index (χ1v) is 10.4. The van der Waals surface area contributed by atoms with Crippen molar-refractivity contribution in [1.29, 1.82) is 0 Å². The van der Waals surface area contributed by atoms with Crippen LogP contribution in [0.15, 0.2) is 24.3 Å². The molecule has 158 valence electrons. The SMILES string of the molecule is CC(=O)c1cc2c(cc1C)CCN(C(=O)CC(N)C1CCc3cc(F)c(F)cc31)C2. The molecule has 2 aliphatic rings. The van der Waals surface area contributed by atoms with Crippen LogP contribution >= 0.6 is 0 Å². The fourth-order valence-electron chi connectivity index (χ4n) is 4.87. The molecule has 0 fully saturated rings. The van der Waals surface area contributed by atoms with Crippen molar-refractivity contribution >= 4 is 11.7 Å². The number of hydrogen-bond donors (Lipinski definition) is 1. The first-order chi connectivity index (χ1) is 14.2. The summed E-state index contributed by atoms with van der Waals surface area (Å²) in [7, 11) is 0. The molecule has 6 heteroatoms. The third-order valence-corrected chi connectivity index (χ3v) is 6.52. The highest BCUT2D eigenvalue weighted by Crippen LogP contribution is 2.37. The second-order valence-corrected chi connectivity index (χ2v) is 8.54. The van der Waals surface area contributed by atoms with E-state index in [1.54, 1.807) is 11.8 Å². The summed E-state index contributed by atoms with van der Waals surface area (Å²) < 4.78 is 27.2. The summed E-state index contributed by atoms with van der Waals surface area (Å²) in [5, 5.41) is 0. The van der Waals surface area contributed by atoms with Crippen molar-refractivity contribution in [1.82, 2.24) is 4.90 Å². The monoisotopic (exact) mass is 412 g/mol. The fraction of sp³-hybridized carbons (Fsp3) is 0.417. The van der Waals surface area contributed by atoms with Crippen LogP contribution < -0.4 is 5.73 Å². The lowest BCUT2D eigenvalue weighted by Crippen LogP contribution is -2.40. The Bertz CT molecular complexity index is 1030. The predicted molar refractivity (Wildman–Crippen MR) is 110 cm³/mol. The van der Waals surface area contributed by atoms with Gasteiger partial charge in [0, 0.05) is 37.0 Å². The minimum Gasteiger partial charge on any atom is -0.338 e. The molecule has 2 aromatic carbocycles. The summed E-state index contributed by atoms with van der Waals surface area (Å²) in [6.07, 6.45) is 2.23. The van der Waals surface area contributed by atoms with Gasteiger partial charge in [0.15, 0.2) is 17.4 Å². The number of halogens is 2. The molecule has 2 atom stereocenters. The van der Waals surface area contributed by atoms with Crippen LogP contribution in [0.25, 0.3) is 0 Å². The molecule has 0 aromatic heterocycles. The number of amides is 1. The third-order valence-electron chi connectivity index (χ3n) is 6.52. The standard InChI is InChI=1S/C24H26F2N2O2/c1-13-7-15-5-6-28(12-17(15)8-19(13)14(2)29)24(30)11-23(27)18-4-3-16-9-21(25)22(26)10-20(16)18/h7-10,18,23H,3-6,11-12,27H2,1-2H3. The molecular weight excluding hydrogens is 386 g/mol. The van der Waals surface area contributed by atoms with Crippen LogP contribution in [0, 0.1) is 18.6 Å². The summed E-state index contributed by atoms with van der Waals surface area (Å²) >= 11 is 0. The second kappa shape index (κ2) is 7.91. The van der Waals surface area contributed by atoms with Gasteiger partial charge in [-0.25, -0.2) is 8.78 Å². The van der Waals surface area contributed by atoms with E-state index in [-0.39, 0.29) is 24.0 Å². The van der Waals surface area contributed by atoms with Gasteiger partial charge in [-0.1, -0.05) is 6.07 Å². The van der Waals surface area contributed by atoms with Gasteiger partial charge in [-0.05, 0) is 79.1 Å². The van der Waals surface area contributed by atoms with Gasteiger partial charge < -0.3 is 10.6 Å². The van der Waals surface area contributed by atoms with Crippen LogP contribution in [0.5, 0.6) is 0 Å². The average Bonchev–Trinajstić information content (AvgIpc) is 3.09. The van der Waals surface area contributed by atoms with Gasteiger partial charge in [0.1, 0.15) is 0 Å². The van der Waals surface area contributed by atoms with Gasteiger partial charge in [-0.2, -0.15) is 0 Å². The van der Waals surface area contributed by atoms with E-state index >= 15 is 0 Å². The van der Waals surface area contributed by atoms with E-state index in [2.05, 4.69) is 0 Å². The van der Waals surface area contributed by atoms with Crippen molar-refractivity contribution in [2.24, 2.45) is 5.73 Å². The lowest BCUT2D eigenvalue weighted by molar-refractivity contribution is -0.132. The molecule has 0 saturated heterocycles. The quantitative estimate of drug-likeness (QED) is 0.777. The van der Waals surface area contributed by atoms with Crippen LogP contribution in [0.1, 0.15) is 63.9 Å². The van der Waals surface area contributed by atoms with Gasteiger partial charge in [0.05, 0.1) is 0 Å². The second-order valence-electron chi connectivity index (χ2n) is 8.54. The van der Waals surface area contributed by atoms with Crippen molar-refractivity contribution in [2.45, 2.75) is 58.0 Å². The third kappa shape index (κ3) is 3.76. The zero-order valence-electron chi connectivity index (χ0n) is 17.3. The molecule has 1 aliphatic carbocycles. The molecule has 1 amide bonds. The number of benzene rings is 2. The molecular formula is C24H26F2N2O2. The number of Topliss-reactive ketones (excluding diaryl/α,β-unsaturated/α-hetero) is 1. The number of carbonyl (C=O) groups is 2. The summed E-state index contributed by atoms with van der Waals surface area (Å²) in [5.74, 6) is -1.89. The highest BCUT2D eigenvalue weighted by Gasteiger charge is 2.32. The average molecular weight is 412 g/mol. The van der Waals surface area contributed by atoms with E-state index in [1.807, 2.05) is 19.1 Å². The zero-order valence-corrected chi connectivity index (χ0v) is 17.3. The number of aryl methyl sites for hydroxylation is 2. The van der Waals surface area contributed by atoms with E-state index in [0.29, 0.717) is 31.5 Å². The summed E-state index contributed by atoms with van der Waals surface area (Å²) in [6, 6.07) is 5.97. The van der Waals surface area contributed by atoms with Crippen molar-refractivity contribution in [3.8, 4) is 0 Å². The van der Waals surface area contributed by atoms with Gasteiger partial charge >= 0.3 is 0 Å². The van der Waals surface area contributed by atoms with Gasteiger partial charge in [0.25, 0.3) is 0 Å². The Balaban J connectivity index is 1.46. The Hall–Kier alpha value is -2.60. The predicted octanol–water partition coefficient (Wildman–Crippen LogP) is 3.81. The summed E-state index contributed by atoms with van der Waals surface area (Å²) in [4.78, 5) is 26.6. The van der Waals surface area contributed by atoms with Crippen LogP contribution in [-0.4, -0.2) is 29.2 Å². The molecule has 1 aliphatic heterocycles. The lowest BCUT2D eigenvalue weighted by Gasteiger charge is -2.31. The Labute approximate surface area is 175 Å². The highest BCUT2D eigenvalue weighted by atomic mass is 19.2. The molecule has 1 heterocycles. The van der Waals surface area contributed by atoms with E-state index in [4.69, 9.17) is 5.73 Å². The molecule has 4 rings (SSSR count). The smallest absolute Gasteiger partial charge is 0.224 e. The van der Waals surface area contributed by atoms with Gasteiger partial charge in [-0.3, -0.25) is 9.59 Å². The number of rotatable bonds is 4. The molecule has 2 unspecified atom stereocenters. The van der Waals surface area contributed by atoms with Gasteiger partial charge in [-0.15, -0.1) is 0 Å². The molecule has 0 saturated carbocycles. The Morgan fingerprint density at radius 1 is 1.10 bits per heavy atom. The van der Waals surface area contributed by atoms with Crippen molar-refractivity contribution in [3.63, 3.8) is 0 Å². The fourth-order valence-corrected chi connectivity index (χ4v) is 4.87. The van der Waals surface area contributed by atoms with E-state index in [1.165, 1.54) is 17.7 Å². The number of ketones is 1. The summed E-state index contributed by atoms with van der Waals surface area (Å²) in [5.41, 5.74) is 11.7. The van der Waals surface area contributed by atoms with Crippen molar-refractivity contribution in [2.75, 3.05) is 6.54 Å². The topological polar surface area (TPSA) is 63.4 Å². The number of fused-ring (bicyclic) bond motifs is 2. The maximum Gasteiger partial charge on any atom is 0.224 e. The van der Waals surface area contributed by atoms with Crippen LogP contribution in [0.3, 0.4) is 0 Å². The van der Waals surface area contributed by atoms with Crippen molar-refractivity contribution in [3.05, 3.63) is 69.3 Å². The molecule has 30 heavy (non-hydrogen) atoms. The van der Waals surface area contributed by atoms with E-state index in [9.17, 15) is 18.4 Å². The largest absolute Gasteiger partial charge is 0.338 e. The maximum absolute atomic E-state index is 13.7. The minimum atomic E-state index is -0.872. The van der Waals surface area contributed by atoms with Crippen molar-refractivity contribution < 1.29 is 18.4 Å². The Morgan fingerprint density at radius 2 is 1.83 bits per heavy atom. The minimum absolute atomic E-state index is 0.0179. The molecule has 2 N–H and O–H groups in total. The van der Waals surface area contributed by atoms with Crippen LogP contribution in [0.4, 0.5) is 8.78 Å². The number of hydrogen-bond acceptors (Lipinski definition) is 3. The Morgan fingerprint density at radius 3 is 2.57 bits per heavy atom. The maximum atomic E-state index is 13.7. The van der Waals surface area contributed by atoms with Crippen LogP contribution in [0.2, 0.25) is 0 Å². The Kier molecular flexibility index (Phi) is 5.45. The zero-order chi connectivity index (χ0) is 21.6. The molecule has 0 bridgehead atoms. The van der Waals surface area contributed by atoms with E-state index < -0.39 is 17.7 Å². The highest BCUT2D eigenvalue weighted by molar-refractivity contribution is 5.95. The number of nitrogens with zero attached hydrogens (tertiary/aromatic N) is 1. The van der Waals surface area contributed by atoms with Crippen LogP contribution in [-0.2, 0) is 24.2 Å². The molecule has 0 radical (unpaired) electrons. The molecule has 2 aromatic rings. The first kappa shape index (κ1) is 20.7. The lowest BCUT2D eigenvalue weighted by atomic mass is 9.90. The normalized spacial score (nSPS) is 18.7. The molecule has 0 spiro atoms. The van der Waals surface area contributed by atoms with Gasteiger partial charge in [0.2, 0.25) is 5.91 Å². The first-order valence-electron chi connectivity index (χ1n) is 10.4. The number of nitrogens with two attached hydrogens (primary N) is 1. The molecule has 4 nitrogen and oxygen atoms in total. The summed E-state index contributed by atoms with van der Waals surface area (Å²) in [6.45, 7) is 4.55. The van der Waals surface area contributed by atoms with E-state index in [0.717, 1.165) is 28.7 Å². The number of carbonyl (C=O) groups excluding carboxylic acids is 2.